The summed E-state index contributed by atoms with van der Waals surface area (Å²) in [5.74, 6) is -0.0459. The summed E-state index contributed by atoms with van der Waals surface area (Å²) in [6.07, 6.45) is 78.7. The van der Waals surface area contributed by atoms with Gasteiger partial charge in [-0.15, -0.1) is 0 Å². The second-order valence-corrected chi connectivity index (χ2v) is 22.4. The van der Waals surface area contributed by atoms with Gasteiger partial charge in [-0.25, -0.2) is 0 Å². The van der Waals surface area contributed by atoms with Gasteiger partial charge in [-0.2, -0.15) is 0 Å². The number of amides is 1. The Labute approximate surface area is 455 Å². The molecule has 0 aliphatic rings. The number of nitrogens with one attached hydrogen (secondary N) is 1. The topological polar surface area (TPSA) is 95.9 Å². The average Bonchev–Trinajstić information content (AvgIpc) is 3.39. The van der Waals surface area contributed by atoms with Crippen molar-refractivity contribution in [3.63, 3.8) is 0 Å². The SMILES string of the molecule is CCCC/C=C\C/C=C\CCCCCCCC(=O)OCCCCCCCCCCCC/C=C\CCCCCCCCCC(=O)NC(CO)C(O)CCCCCCCCCCCCCCCCCCCCCCC. The van der Waals surface area contributed by atoms with Gasteiger partial charge in [0.1, 0.15) is 0 Å². The molecule has 0 bridgehead atoms. The first kappa shape index (κ1) is 71.1. The molecular weight excluding hydrogens is 899 g/mol. The van der Waals surface area contributed by atoms with E-state index in [1.165, 1.54) is 270 Å². The van der Waals surface area contributed by atoms with Crippen molar-refractivity contribution < 1.29 is 24.5 Å². The van der Waals surface area contributed by atoms with Crippen molar-refractivity contribution in [2.75, 3.05) is 13.2 Å². The molecule has 1 amide bonds. The Morgan fingerprint density at radius 1 is 0.384 bits per heavy atom. The van der Waals surface area contributed by atoms with Crippen molar-refractivity contribution in [1.82, 2.24) is 5.32 Å². The molecule has 0 saturated heterocycles. The van der Waals surface area contributed by atoms with Gasteiger partial charge >= 0.3 is 5.97 Å². The minimum absolute atomic E-state index is 0.00603. The summed E-state index contributed by atoms with van der Waals surface area (Å²) in [5, 5.41) is 23.4. The second kappa shape index (κ2) is 62.6. The molecule has 0 aliphatic carbocycles. The fourth-order valence-corrected chi connectivity index (χ4v) is 10.1. The third kappa shape index (κ3) is 59.2. The van der Waals surface area contributed by atoms with E-state index in [0.29, 0.717) is 25.9 Å². The van der Waals surface area contributed by atoms with E-state index in [9.17, 15) is 19.8 Å². The van der Waals surface area contributed by atoms with E-state index < -0.39 is 12.1 Å². The van der Waals surface area contributed by atoms with Crippen molar-refractivity contribution in [3.05, 3.63) is 36.5 Å². The average molecular weight is 1030 g/mol. The highest BCUT2D eigenvalue weighted by molar-refractivity contribution is 5.76. The largest absolute Gasteiger partial charge is 0.466 e. The van der Waals surface area contributed by atoms with Crippen LogP contribution in [0.4, 0.5) is 0 Å². The number of unbranched alkanes of at least 4 members (excludes halogenated alkanes) is 44. The summed E-state index contributed by atoms with van der Waals surface area (Å²) in [5.41, 5.74) is 0. The molecule has 0 aromatic rings. The first-order valence-corrected chi connectivity index (χ1v) is 32.7. The van der Waals surface area contributed by atoms with Crippen LogP contribution in [0.15, 0.2) is 36.5 Å². The predicted molar refractivity (Wildman–Crippen MR) is 319 cm³/mol. The molecule has 6 nitrogen and oxygen atoms in total. The van der Waals surface area contributed by atoms with Gasteiger partial charge in [0.25, 0.3) is 0 Å². The summed E-state index contributed by atoms with van der Waals surface area (Å²) in [4.78, 5) is 24.6. The Hall–Kier alpha value is -1.92. The van der Waals surface area contributed by atoms with Crippen molar-refractivity contribution in [2.24, 2.45) is 0 Å². The lowest BCUT2D eigenvalue weighted by Gasteiger charge is -2.22. The number of aliphatic hydroxyl groups is 2. The van der Waals surface area contributed by atoms with Crippen molar-refractivity contribution in [2.45, 2.75) is 366 Å². The van der Waals surface area contributed by atoms with Crippen LogP contribution in [0.2, 0.25) is 0 Å². The van der Waals surface area contributed by atoms with Crippen molar-refractivity contribution >= 4 is 11.9 Å². The highest BCUT2D eigenvalue weighted by Gasteiger charge is 2.20. The summed E-state index contributed by atoms with van der Waals surface area (Å²) in [6.45, 7) is 4.92. The highest BCUT2D eigenvalue weighted by Crippen LogP contribution is 2.18. The zero-order chi connectivity index (χ0) is 52.9. The van der Waals surface area contributed by atoms with Gasteiger partial charge < -0.3 is 20.3 Å². The number of carbonyl (C=O) groups is 2. The molecule has 0 aliphatic heterocycles. The van der Waals surface area contributed by atoms with Crippen LogP contribution in [0.3, 0.4) is 0 Å². The maximum absolute atomic E-state index is 12.5. The van der Waals surface area contributed by atoms with Crippen LogP contribution in [0.25, 0.3) is 0 Å². The van der Waals surface area contributed by atoms with Crippen LogP contribution >= 0.6 is 0 Å². The zero-order valence-corrected chi connectivity index (χ0v) is 49.1. The fraction of sp³-hybridized carbons (Fsp3) is 0.881. The normalized spacial score (nSPS) is 12.8. The van der Waals surface area contributed by atoms with Crippen LogP contribution in [0.5, 0.6) is 0 Å². The Bertz CT molecular complexity index is 1180. The number of aliphatic hydroxyl groups excluding tert-OH is 2. The van der Waals surface area contributed by atoms with E-state index in [2.05, 4.69) is 55.6 Å². The maximum atomic E-state index is 12.5. The molecule has 2 unspecified atom stereocenters. The van der Waals surface area contributed by atoms with Crippen molar-refractivity contribution in [3.8, 4) is 0 Å². The summed E-state index contributed by atoms with van der Waals surface area (Å²) >= 11 is 0. The van der Waals surface area contributed by atoms with Gasteiger partial charge in [-0.3, -0.25) is 9.59 Å². The lowest BCUT2D eigenvalue weighted by Crippen LogP contribution is -2.45. The number of allylic oxidation sites excluding steroid dienone is 6. The first-order valence-electron chi connectivity index (χ1n) is 32.7. The third-order valence-corrected chi connectivity index (χ3v) is 15.2. The van der Waals surface area contributed by atoms with Gasteiger partial charge in [0.05, 0.1) is 25.4 Å². The summed E-state index contributed by atoms with van der Waals surface area (Å²) in [6, 6.07) is -0.549. The van der Waals surface area contributed by atoms with E-state index in [1.807, 2.05) is 0 Å². The van der Waals surface area contributed by atoms with Crippen LogP contribution < -0.4 is 5.32 Å². The van der Waals surface area contributed by atoms with Gasteiger partial charge in [0.15, 0.2) is 0 Å². The van der Waals surface area contributed by atoms with Gasteiger partial charge in [-0.05, 0) is 77.0 Å². The Balaban J connectivity index is 3.43. The molecular formula is C67H127NO5. The first-order chi connectivity index (χ1) is 36.0. The Morgan fingerprint density at radius 2 is 0.699 bits per heavy atom. The molecule has 0 spiro atoms. The van der Waals surface area contributed by atoms with Gasteiger partial charge in [0, 0.05) is 12.8 Å². The Morgan fingerprint density at radius 3 is 1.10 bits per heavy atom. The van der Waals surface area contributed by atoms with Crippen LogP contribution in [0, 0.1) is 0 Å². The maximum Gasteiger partial charge on any atom is 0.305 e. The van der Waals surface area contributed by atoms with E-state index in [-0.39, 0.29) is 18.5 Å². The summed E-state index contributed by atoms with van der Waals surface area (Å²) < 4.78 is 5.47. The van der Waals surface area contributed by atoms with Crippen LogP contribution in [-0.4, -0.2) is 47.4 Å². The molecule has 0 saturated carbocycles. The number of carbonyl (C=O) groups excluding carboxylic acids is 2. The quantitative estimate of drug-likeness (QED) is 0.0320. The lowest BCUT2D eigenvalue weighted by molar-refractivity contribution is -0.143. The molecule has 0 heterocycles. The fourth-order valence-electron chi connectivity index (χ4n) is 10.1. The molecule has 73 heavy (non-hydrogen) atoms. The molecule has 0 radical (unpaired) electrons. The minimum Gasteiger partial charge on any atom is -0.466 e. The third-order valence-electron chi connectivity index (χ3n) is 15.2. The molecule has 0 fully saturated rings. The minimum atomic E-state index is -0.671. The number of ether oxygens (including phenoxy) is 1. The van der Waals surface area contributed by atoms with E-state index in [4.69, 9.17) is 4.74 Å². The zero-order valence-electron chi connectivity index (χ0n) is 49.1. The number of esters is 1. The van der Waals surface area contributed by atoms with Crippen molar-refractivity contribution in [1.29, 1.82) is 0 Å². The lowest BCUT2D eigenvalue weighted by atomic mass is 10.0. The molecule has 0 aromatic carbocycles. The van der Waals surface area contributed by atoms with E-state index in [1.54, 1.807) is 0 Å². The standard InChI is InChI=1S/C67H127NO5/c1-3-5-7-9-11-13-15-17-19-20-21-23-26-29-32-35-39-43-47-51-55-59-65(70)64(63-69)68-66(71)60-56-52-48-44-40-36-33-30-27-24-22-25-28-31-34-38-42-46-50-54-58-62-73-67(72)61-57-53-49-45-41-37-18-16-14-12-10-8-6-4-2/h10,12,16,18,24,27,64-65,69-70H,3-9,11,13-15,17,19-23,25-26,28-63H2,1-2H3,(H,68,71)/b12-10-,18-16-,27-24-. The highest BCUT2D eigenvalue weighted by atomic mass is 16.5. The molecule has 2 atom stereocenters. The number of rotatable bonds is 61. The molecule has 0 aromatic heterocycles. The predicted octanol–water partition coefficient (Wildman–Crippen LogP) is 20.8. The smallest absolute Gasteiger partial charge is 0.305 e. The Kier molecular flexibility index (Phi) is 61.0. The molecule has 6 heteroatoms. The summed E-state index contributed by atoms with van der Waals surface area (Å²) in [7, 11) is 0. The molecule has 0 rings (SSSR count). The van der Waals surface area contributed by atoms with Crippen LogP contribution in [0.1, 0.15) is 354 Å². The van der Waals surface area contributed by atoms with E-state index >= 15 is 0 Å². The molecule has 430 valence electrons. The van der Waals surface area contributed by atoms with Crippen LogP contribution in [-0.2, 0) is 14.3 Å². The number of hydrogen-bond donors (Lipinski definition) is 3. The second-order valence-electron chi connectivity index (χ2n) is 22.4. The monoisotopic (exact) mass is 1030 g/mol. The van der Waals surface area contributed by atoms with Gasteiger partial charge in [0.2, 0.25) is 5.91 Å². The molecule has 3 N–H and O–H groups in total. The van der Waals surface area contributed by atoms with Gasteiger partial charge in [-0.1, -0.05) is 301 Å². The van der Waals surface area contributed by atoms with E-state index in [0.717, 1.165) is 51.4 Å². The number of hydrogen-bond acceptors (Lipinski definition) is 5.